The molecule has 0 aromatic heterocycles. The second-order valence-corrected chi connectivity index (χ2v) is 9.04. The Balaban J connectivity index is 1.37. The molecule has 0 atom stereocenters. The van der Waals surface area contributed by atoms with E-state index in [9.17, 15) is 14.4 Å². The van der Waals surface area contributed by atoms with Crippen LogP contribution >= 0.6 is 12.2 Å². The first-order chi connectivity index (χ1) is 18.5. The first-order valence-electron chi connectivity index (χ1n) is 12.7. The zero-order valence-electron chi connectivity index (χ0n) is 21.5. The van der Waals surface area contributed by atoms with Crippen LogP contribution in [0, 0.1) is 0 Å². The summed E-state index contributed by atoms with van der Waals surface area (Å²) in [7, 11) is 0. The van der Waals surface area contributed by atoms with E-state index in [2.05, 4.69) is 10.6 Å². The number of nitrogens with one attached hydrogen (secondary N) is 2. The number of benzene rings is 3. The van der Waals surface area contributed by atoms with E-state index in [1.54, 1.807) is 29.2 Å². The molecule has 0 bridgehead atoms. The fourth-order valence-corrected chi connectivity index (χ4v) is 4.09. The van der Waals surface area contributed by atoms with E-state index in [4.69, 9.17) is 17.0 Å². The van der Waals surface area contributed by atoms with Crippen LogP contribution in [0.5, 0.6) is 0 Å². The smallest absolute Gasteiger partial charge is 0.305 e. The molecular formula is C30H33N3O4S. The van der Waals surface area contributed by atoms with Crippen molar-refractivity contribution in [2.75, 3.05) is 23.4 Å². The molecule has 7 nitrogen and oxygen atoms in total. The van der Waals surface area contributed by atoms with Gasteiger partial charge in [-0.15, -0.1) is 0 Å². The number of nitrogens with zero attached hydrogens (tertiary/aromatic N) is 1. The van der Waals surface area contributed by atoms with Crippen molar-refractivity contribution >= 4 is 46.5 Å². The van der Waals surface area contributed by atoms with Crippen LogP contribution in [0.25, 0.3) is 0 Å². The molecule has 0 aliphatic carbocycles. The standard InChI is InChI=1S/C30H33N3O4S/c1-2-33(26-17-7-4-8-18-26)29(36)24-15-9-16-25(22-24)31-30(38)32-27(34)19-10-20-28(35)37-21-11-14-23-12-5-3-6-13-23/h3-9,12-13,15-18,22H,2,10-11,14,19-21H2,1H3,(H2,31,32,34,38). The Labute approximate surface area is 229 Å². The predicted molar refractivity (Wildman–Crippen MR) is 154 cm³/mol. The highest BCUT2D eigenvalue weighted by Gasteiger charge is 2.16. The van der Waals surface area contributed by atoms with Crippen molar-refractivity contribution in [2.45, 2.75) is 39.0 Å². The maximum atomic E-state index is 13.1. The summed E-state index contributed by atoms with van der Waals surface area (Å²) >= 11 is 5.26. The lowest BCUT2D eigenvalue weighted by molar-refractivity contribution is -0.143. The van der Waals surface area contributed by atoms with Crippen molar-refractivity contribution in [3.8, 4) is 0 Å². The van der Waals surface area contributed by atoms with Crippen molar-refractivity contribution < 1.29 is 19.1 Å². The van der Waals surface area contributed by atoms with Crippen LogP contribution in [0.3, 0.4) is 0 Å². The van der Waals surface area contributed by atoms with Gasteiger partial charge in [0.05, 0.1) is 6.61 Å². The average Bonchev–Trinajstić information content (AvgIpc) is 2.92. The summed E-state index contributed by atoms with van der Waals surface area (Å²) < 4.78 is 5.25. The van der Waals surface area contributed by atoms with Crippen LogP contribution in [0.4, 0.5) is 11.4 Å². The van der Waals surface area contributed by atoms with Gasteiger partial charge in [-0.05, 0) is 74.3 Å². The maximum absolute atomic E-state index is 13.1. The Kier molecular flexibility index (Phi) is 11.5. The fraction of sp³-hybridized carbons (Fsp3) is 0.267. The van der Waals surface area contributed by atoms with Crippen molar-refractivity contribution in [2.24, 2.45) is 0 Å². The summed E-state index contributed by atoms with van der Waals surface area (Å²) in [4.78, 5) is 38.9. The minimum absolute atomic E-state index is 0.124. The van der Waals surface area contributed by atoms with Gasteiger partial charge in [-0.1, -0.05) is 54.6 Å². The predicted octanol–water partition coefficient (Wildman–Crippen LogP) is 5.51. The van der Waals surface area contributed by atoms with E-state index in [1.165, 1.54) is 5.56 Å². The molecule has 2 amide bonds. The maximum Gasteiger partial charge on any atom is 0.305 e. The summed E-state index contributed by atoms with van der Waals surface area (Å²) in [5, 5.41) is 5.69. The molecule has 8 heteroatoms. The molecule has 0 spiro atoms. The Morgan fingerprint density at radius 1 is 0.868 bits per heavy atom. The van der Waals surface area contributed by atoms with Gasteiger partial charge in [0.2, 0.25) is 5.91 Å². The molecule has 3 aromatic rings. The van der Waals surface area contributed by atoms with Crippen molar-refractivity contribution in [3.05, 3.63) is 96.1 Å². The van der Waals surface area contributed by atoms with Gasteiger partial charge in [-0.3, -0.25) is 14.4 Å². The normalized spacial score (nSPS) is 10.3. The molecule has 2 N–H and O–H groups in total. The molecule has 0 saturated heterocycles. The number of amides is 2. The third-order valence-corrected chi connectivity index (χ3v) is 5.95. The lowest BCUT2D eigenvalue weighted by atomic mass is 10.1. The molecule has 0 aliphatic heterocycles. The Hall–Kier alpha value is -4.04. The number of carbonyl (C=O) groups is 3. The minimum Gasteiger partial charge on any atom is -0.466 e. The summed E-state index contributed by atoms with van der Waals surface area (Å²) in [5.74, 6) is -0.748. The lowest BCUT2D eigenvalue weighted by Gasteiger charge is -2.21. The van der Waals surface area contributed by atoms with Crippen LogP contribution < -0.4 is 15.5 Å². The molecule has 38 heavy (non-hydrogen) atoms. The number of hydrogen-bond donors (Lipinski definition) is 2. The third kappa shape index (κ3) is 9.44. The number of rotatable bonds is 12. The molecule has 0 saturated carbocycles. The Morgan fingerprint density at radius 2 is 1.58 bits per heavy atom. The van der Waals surface area contributed by atoms with Crippen molar-refractivity contribution in [1.82, 2.24) is 5.32 Å². The van der Waals surface area contributed by atoms with E-state index in [1.807, 2.05) is 67.6 Å². The average molecular weight is 532 g/mol. The molecule has 0 unspecified atom stereocenters. The Bertz CT molecular complexity index is 1220. The van der Waals surface area contributed by atoms with E-state index in [0.717, 1.165) is 18.5 Å². The largest absolute Gasteiger partial charge is 0.466 e. The fourth-order valence-electron chi connectivity index (χ4n) is 3.86. The van der Waals surface area contributed by atoms with E-state index in [-0.39, 0.29) is 35.7 Å². The second-order valence-electron chi connectivity index (χ2n) is 8.63. The highest BCUT2D eigenvalue weighted by molar-refractivity contribution is 7.80. The van der Waals surface area contributed by atoms with Gasteiger partial charge in [0.25, 0.3) is 5.91 Å². The number of ether oxygens (including phenoxy) is 1. The first kappa shape index (κ1) is 28.5. The molecule has 0 fully saturated rings. The minimum atomic E-state index is -0.315. The van der Waals surface area contributed by atoms with E-state index >= 15 is 0 Å². The summed E-state index contributed by atoms with van der Waals surface area (Å²) in [5.41, 5.74) is 3.11. The number of thiocarbonyl (C=S) groups is 1. The quantitative estimate of drug-likeness (QED) is 0.182. The first-order valence-corrected chi connectivity index (χ1v) is 13.1. The zero-order chi connectivity index (χ0) is 27.2. The Morgan fingerprint density at radius 3 is 2.29 bits per heavy atom. The molecular weight excluding hydrogens is 498 g/mol. The van der Waals surface area contributed by atoms with E-state index in [0.29, 0.717) is 30.8 Å². The second kappa shape index (κ2) is 15.3. The van der Waals surface area contributed by atoms with Crippen LogP contribution in [0.2, 0.25) is 0 Å². The lowest BCUT2D eigenvalue weighted by Crippen LogP contribution is -2.34. The summed E-state index contributed by atoms with van der Waals surface area (Å²) in [6.07, 6.45) is 2.27. The van der Waals surface area contributed by atoms with Crippen molar-refractivity contribution in [3.63, 3.8) is 0 Å². The van der Waals surface area contributed by atoms with Gasteiger partial charge >= 0.3 is 5.97 Å². The van der Waals surface area contributed by atoms with E-state index < -0.39 is 0 Å². The molecule has 3 aromatic carbocycles. The van der Waals surface area contributed by atoms with Crippen molar-refractivity contribution in [1.29, 1.82) is 0 Å². The zero-order valence-corrected chi connectivity index (χ0v) is 22.3. The SMILES string of the molecule is CCN(C(=O)c1cccc(NC(=S)NC(=O)CCCC(=O)OCCCc2ccccc2)c1)c1ccccc1. The number of hydrogen-bond acceptors (Lipinski definition) is 5. The van der Waals surface area contributed by atoms with Gasteiger partial charge in [0.15, 0.2) is 5.11 Å². The number of esters is 1. The molecule has 198 valence electrons. The summed E-state index contributed by atoms with van der Waals surface area (Å²) in [6.45, 7) is 2.80. The molecule has 0 radical (unpaired) electrons. The monoisotopic (exact) mass is 531 g/mol. The van der Waals surface area contributed by atoms with Gasteiger partial charge in [-0.2, -0.15) is 0 Å². The van der Waals surface area contributed by atoms with Crippen LogP contribution in [0.15, 0.2) is 84.9 Å². The topological polar surface area (TPSA) is 87.7 Å². The highest BCUT2D eigenvalue weighted by atomic mass is 32.1. The number of para-hydroxylation sites is 1. The molecule has 0 aliphatic rings. The van der Waals surface area contributed by atoms with Gasteiger partial charge in [0.1, 0.15) is 0 Å². The van der Waals surface area contributed by atoms with Gasteiger partial charge in [0, 0.05) is 36.3 Å². The molecule has 0 heterocycles. The molecule has 3 rings (SSSR count). The third-order valence-electron chi connectivity index (χ3n) is 5.75. The number of aryl methyl sites for hydroxylation is 1. The van der Waals surface area contributed by atoms with Gasteiger partial charge < -0.3 is 20.3 Å². The highest BCUT2D eigenvalue weighted by Crippen LogP contribution is 2.19. The van der Waals surface area contributed by atoms with Crippen LogP contribution in [-0.2, 0) is 20.7 Å². The summed E-state index contributed by atoms with van der Waals surface area (Å²) in [6, 6.07) is 26.4. The van der Waals surface area contributed by atoms with Crippen LogP contribution in [0.1, 0.15) is 48.5 Å². The number of carbonyl (C=O) groups excluding carboxylic acids is 3. The number of anilines is 2. The van der Waals surface area contributed by atoms with Gasteiger partial charge in [-0.25, -0.2) is 0 Å². The van der Waals surface area contributed by atoms with Crippen LogP contribution in [-0.4, -0.2) is 36.0 Å².